The number of anilines is 1. The minimum Gasteiger partial charge on any atom is -0.480 e. The Morgan fingerprint density at radius 1 is 1.38 bits per heavy atom. The number of carbonyl (C=O) groups is 2. The number of hydrogen-bond acceptors (Lipinski definition) is 6. The summed E-state index contributed by atoms with van der Waals surface area (Å²) in [7, 11) is 1.27. The van der Waals surface area contributed by atoms with Gasteiger partial charge < -0.3 is 14.7 Å². The first kappa shape index (κ1) is 13.8. The summed E-state index contributed by atoms with van der Waals surface area (Å²) < 4.78 is 4.63. The molecule has 112 valence electrons. The molecule has 7 nitrogen and oxygen atoms in total. The predicted octanol–water partition coefficient (Wildman–Crippen LogP) is 0.953. The molecule has 2 fully saturated rings. The molecule has 7 heteroatoms. The van der Waals surface area contributed by atoms with Crippen molar-refractivity contribution in [3.63, 3.8) is 0 Å². The van der Waals surface area contributed by atoms with Crippen LogP contribution in [0.3, 0.4) is 0 Å². The molecule has 1 aromatic rings. The molecule has 1 aromatic heterocycles. The summed E-state index contributed by atoms with van der Waals surface area (Å²) in [5, 5.41) is 9.54. The monoisotopic (exact) mass is 291 g/mol. The Labute approximate surface area is 121 Å². The molecule has 1 aliphatic heterocycles. The zero-order chi connectivity index (χ0) is 15.0. The highest BCUT2D eigenvalue weighted by molar-refractivity contribution is 5.87. The highest BCUT2D eigenvalue weighted by atomic mass is 16.5. The molecule has 2 heterocycles. The number of ether oxygens (including phenoxy) is 1. The number of hydrogen-bond donors (Lipinski definition) is 1. The molecule has 3 atom stereocenters. The molecule has 1 saturated heterocycles. The van der Waals surface area contributed by atoms with Gasteiger partial charge in [-0.15, -0.1) is 0 Å². The second-order valence-electron chi connectivity index (χ2n) is 5.54. The molecule has 1 aliphatic carbocycles. The predicted molar refractivity (Wildman–Crippen MR) is 73.0 cm³/mol. The van der Waals surface area contributed by atoms with Gasteiger partial charge in [-0.1, -0.05) is 6.42 Å². The fraction of sp³-hybridized carbons (Fsp3) is 0.571. The van der Waals surface area contributed by atoms with Crippen molar-refractivity contribution in [2.75, 3.05) is 18.6 Å². The van der Waals surface area contributed by atoms with Crippen LogP contribution in [0.15, 0.2) is 12.4 Å². The molecule has 0 amide bonds. The van der Waals surface area contributed by atoms with Crippen LogP contribution < -0.4 is 4.90 Å². The van der Waals surface area contributed by atoms with E-state index in [2.05, 4.69) is 14.7 Å². The van der Waals surface area contributed by atoms with Gasteiger partial charge in [0.15, 0.2) is 5.69 Å². The second-order valence-corrected chi connectivity index (χ2v) is 5.54. The number of aromatic nitrogens is 2. The van der Waals surface area contributed by atoms with Gasteiger partial charge in [0.1, 0.15) is 11.9 Å². The lowest BCUT2D eigenvalue weighted by Gasteiger charge is -2.25. The van der Waals surface area contributed by atoms with Crippen molar-refractivity contribution in [2.24, 2.45) is 11.8 Å². The van der Waals surface area contributed by atoms with Gasteiger partial charge in [-0.3, -0.25) is 4.98 Å². The topological polar surface area (TPSA) is 92.6 Å². The summed E-state index contributed by atoms with van der Waals surface area (Å²) in [6, 6.07) is -0.584. The Balaban J connectivity index is 1.92. The van der Waals surface area contributed by atoms with E-state index in [-0.39, 0.29) is 11.6 Å². The SMILES string of the molecule is COC(=O)c1cncc(N2CC3CCCC3C2C(=O)O)n1. The van der Waals surface area contributed by atoms with Gasteiger partial charge in [0.25, 0.3) is 0 Å². The summed E-state index contributed by atoms with van der Waals surface area (Å²) in [5.74, 6) is -0.439. The maximum atomic E-state index is 11.6. The van der Waals surface area contributed by atoms with E-state index in [4.69, 9.17) is 0 Å². The molecule has 3 unspecified atom stereocenters. The van der Waals surface area contributed by atoms with Crippen LogP contribution >= 0.6 is 0 Å². The Hall–Kier alpha value is -2.18. The lowest BCUT2D eigenvalue weighted by molar-refractivity contribution is -0.139. The number of carboxylic acid groups (broad SMARTS) is 1. The van der Waals surface area contributed by atoms with Gasteiger partial charge in [-0.2, -0.15) is 0 Å². The molecule has 0 bridgehead atoms. The Kier molecular flexibility index (Phi) is 3.48. The van der Waals surface area contributed by atoms with Crippen molar-refractivity contribution in [1.29, 1.82) is 0 Å². The molecule has 2 aliphatic rings. The Morgan fingerprint density at radius 3 is 2.90 bits per heavy atom. The number of methoxy groups -OCH3 is 1. The number of rotatable bonds is 3. The van der Waals surface area contributed by atoms with Gasteiger partial charge in [0, 0.05) is 6.54 Å². The van der Waals surface area contributed by atoms with E-state index in [1.54, 1.807) is 4.90 Å². The molecule has 0 radical (unpaired) electrons. The van der Waals surface area contributed by atoms with E-state index in [0.717, 1.165) is 19.3 Å². The highest BCUT2D eigenvalue weighted by Gasteiger charge is 2.48. The van der Waals surface area contributed by atoms with Gasteiger partial charge in [0.2, 0.25) is 0 Å². The summed E-state index contributed by atoms with van der Waals surface area (Å²) in [4.78, 5) is 33.1. The third-order valence-corrected chi connectivity index (χ3v) is 4.45. The van der Waals surface area contributed by atoms with Crippen LogP contribution in [0.5, 0.6) is 0 Å². The fourth-order valence-corrected chi connectivity index (χ4v) is 3.55. The quantitative estimate of drug-likeness (QED) is 0.829. The van der Waals surface area contributed by atoms with Gasteiger partial charge in [-0.05, 0) is 24.7 Å². The molecule has 0 spiro atoms. The van der Waals surface area contributed by atoms with E-state index in [9.17, 15) is 14.7 Å². The van der Waals surface area contributed by atoms with Crippen molar-refractivity contribution in [2.45, 2.75) is 25.3 Å². The number of carbonyl (C=O) groups excluding carboxylic acids is 1. The van der Waals surface area contributed by atoms with Crippen LogP contribution in [0, 0.1) is 11.8 Å². The van der Waals surface area contributed by atoms with Crippen molar-refractivity contribution in [3.8, 4) is 0 Å². The molecular weight excluding hydrogens is 274 g/mol. The first-order valence-electron chi connectivity index (χ1n) is 7.01. The van der Waals surface area contributed by atoms with E-state index in [1.165, 1.54) is 19.5 Å². The minimum absolute atomic E-state index is 0.0937. The summed E-state index contributed by atoms with van der Waals surface area (Å²) in [6.07, 6.45) is 5.89. The van der Waals surface area contributed by atoms with Crippen LogP contribution in [0.1, 0.15) is 29.8 Å². The maximum Gasteiger partial charge on any atom is 0.358 e. The van der Waals surface area contributed by atoms with Gasteiger partial charge in [0.05, 0.1) is 19.5 Å². The fourth-order valence-electron chi connectivity index (χ4n) is 3.55. The van der Waals surface area contributed by atoms with Crippen LogP contribution in [0.4, 0.5) is 5.82 Å². The summed E-state index contributed by atoms with van der Waals surface area (Å²) >= 11 is 0. The van der Waals surface area contributed by atoms with Crippen LogP contribution in [0.25, 0.3) is 0 Å². The van der Waals surface area contributed by atoms with Crippen LogP contribution in [0.2, 0.25) is 0 Å². The third-order valence-electron chi connectivity index (χ3n) is 4.45. The Morgan fingerprint density at radius 2 is 2.19 bits per heavy atom. The van der Waals surface area contributed by atoms with Gasteiger partial charge in [-0.25, -0.2) is 14.6 Å². The number of fused-ring (bicyclic) bond motifs is 1. The molecule has 0 aromatic carbocycles. The smallest absolute Gasteiger partial charge is 0.358 e. The van der Waals surface area contributed by atoms with E-state index < -0.39 is 18.0 Å². The summed E-state index contributed by atoms with van der Waals surface area (Å²) in [6.45, 7) is 0.654. The van der Waals surface area contributed by atoms with E-state index in [1.807, 2.05) is 0 Å². The Bertz CT molecular complexity index is 577. The summed E-state index contributed by atoms with van der Waals surface area (Å²) in [5.41, 5.74) is 0.0937. The van der Waals surface area contributed by atoms with Crippen molar-refractivity contribution >= 4 is 17.8 Å². The molecule has 3 rings (SSSR count). The van der Waals surface area contributed by atoms with Crippen molar-refractivity contribution in [1.82, 2.24) is 9.97 Å². The number of esters is 1. The zero-order valence-electron chi connectivity index (χ0n) is 11.7. The molecule has 1 saturated carbocycles. The minimum atomic E-state index is -0.838. The first-order chi connectivity index (χ1) is 10.1. The number of aliphatic carboxylic acids is 1. The number of carboxylic acids is 1. The average Bonchev–Trinajstić information content (AvgIpc) is 3.06. The molecular formula is C14H17N3O4. The lowest BCUT2D eigenvalue weighted by Crippen LogP contribution is -2.40. The lowest BCUT2D eigenvalue weighted by atomic mass is 9.94. The van der Waals surface area contributed by atoms with Crippen LogP contribution in [-0.2, 0) is 9.53 Å². The standard InChI is InChI=1S/C14H17N3O4/c1-21-14(20)10-5-15-6-11(16-10)17-7-8-3-2-4-9(8)12(17)13(18)19/h5-6,8-9,12H,2-4,7H2,1H3,(H,18,19). The highest BCUT2D eigenvalue weighted by Crippen LogP contribution is 2.43. The second kappa shape index (κ2) is 5.31. The van der Waals surface area contributed by atoms with E-state index in [0.29, 0.717) is 18.3 Å². The number of nitrogens with zero attached hydrogens (tertiary/aromatic N) is 3. The third kappa shape index (κ3) is 2.32. The van der Waals surface area contributed by atoms with Crippen LogP contribution in [-0.4, -0.2) is 46.7 Å². The van der Waals surface area contributed by atoms with E-state index >= 15 is 0 Å². The maximum absolute atomic E-state index is 11.6. The zero-order valence-corrected chi connectivity index (χ0v) is 11.7. The first-order valence-corrected chi connectivity index (χ1v) is 7.01. The largest absolute Gasteiger partial charge is 0.480 e. The average molecular weight is 291 g/mol. The molecule has 1 N–H and O–H groups in total. The van der Waals surface area contributed by atoms with Gasteiger partial charge >= 0.3 is 11.9 Å². The van der Waals surface area contributed by atoms with Crippen molar-refractivity contribution < 1.29 is 19.4 Å². The van der Waals surface area contributed by atoms with Crippen molar-refractivity contribution in [3.05, 3.63) is 18.1 Å². The normalized spacial score (nSPS) is 27.5. The molecule has 21 heavy (non-hydrogen) atoms.